The number of hydrogen-bond acceptors (Lipinski definition) is 3. The van der Waals surface area contributed by atoms with E-state index in [4.69, 9.17) is 9.15 Å². The quantitative estimate of drug-likeness (QED) is 0.646. The molecule has 0 unspecified atom stereocenters. The van der Waals surface area contributed by atoms with E-state index in [-0.39, 0.29) is 5.91 Å². The first-order chi connectivity index (χ1) is 11.5. The first-order valence-corrected chi connectivity index (χ1v) is 8.36. The second-order valence-electron chi connectivity index (χ2n) is 5.67. The summed E-state index contributed by atoms with van der Waals surface area (Å²) in [6.07, 6.45) is 0. The van der Waals surface area contributed by atoms with Gasteiger partial charge in [0.2, 0.25) is 0 Å². The molecule has 0 N–H and O–H groups in total. The summed E-state index contributed by atoms with van der Waals surface area (Å²) in [5.74, 6) is 0.984. The summed E-state index contributed by atoms with van der Waals surface area (Å²) in [4.78, 5) is 14.4. The van der Waals surface area contributed by atoms with E-state index in [1.54, 1.807) is 19.1 Å². The molecule has 3 aromatic rings. The van der Waals surface area contributed by atoms with Crippen LogP contribution in [0.3, 0.4) is 0 Å². The SMILES string of the molecule is COc1ccc(Br)cc1CN(C)C(=O)c1oc2ccccc2c1C. The number of nitrogens with zero attached hydrogens (tertiary/aromatic N) is 1. The second kappa shape index (κ2) is 6.69. The first-order valence-electron chi connectivity index (χ1n) is 7.57. The van der Waals surface area contributed by atoms with Gasteiger partial charge in [-0.1, -0.05) is 34.1 Å². The van der Waals surface area contributed by atoms with E-state index in [0.717, 1.165) is 32.3 Å². The lowest BCUT2D eigenvalue weighted by Crippen LogP contribution is -2.26. The molecule has 0 aliphatic rings. The predicted octanol–water partition coefficient (Wildman–Crippen LogP) is 4.78. The largest absolute Gasteiger partial charge is 0.496 e. The van der Waals surface area contributed by atoms with Crippen molar-refractivity contribution in [2.75, 3.05) is 14.2 Å². The van der Waals surface area contributed by atoms with Gasteiger partial charge < -0.3 is 14.1 Å². The highest BCUT2D eigenvalue weighted by molar-refractivity contribution is 9.10. The van der Waals surface area contributed by atoms with Gasteiger partial charge in [-0.15, -0.1) is 0 Å². The minimum Gasteiger partial charge on any atom is -0.496 e. The number of amides is 1. The molecule has 1 aromatic heterocycles. The molecule has 0 spiro atoms. The van der Waals surface area contributed by atoms with Crippen LogP contribution in [-0.4, -0.2) is 25.0 Å². The van der Waals surface area contributed by atoms with Crippen LogP contribution in [0.15, 0.2) is 51.4 Å². The number of benzene rings is 2. The Kier molecular flexibility index (Phi) is 4.62. The highest BCUT2D eigenvalue weighted by atomic mass is 79.9. The smallest absolute Gasteiger partial charge is 0.289 e. The number of furan rings is 1. The van der Waals surface area contributed by atoms with Crippen molar-refractivity contribution in [2.45, 2.75) is 13.5 Å². The maximum absolute atomic E-state index is 12.8. The Morgan fingerprint density at radius 2 is 2.00 bits per heavy atom. The molecule has 0 bridgehead atoms. The zero-order valence-corrected chi connectivity index (χ0v) is 15.4. The number of methoxy groups -OCH3 is 1. The lowest BCUT2D eigenvalue weighted by atomic mass is 10.1. The average Bonchev–Trinajstić information content (AvgIpc) is 2.91. The average molecular weight is 388 g/mol. The van der Waals surface area contributed by atoms with Crippen LogP contribution < -0.4 is 4.74 Å². The van der Waals surface area contributed by atoms with Crippen molar-refractivity contribution in [1.29, 1.82) is 0 Å². The number of carbonyl (C=O) groups is 1. The number of carbonyl (C=O) groups excluding carboxylic acids is 1. The van der Waals surface area contributed by atoms with E-state index in [0.29, 0.717) is 12.3 Å². The van der Waals surface area contributed by atoms with Crippen molar-refractivity contribution in [3.8, 4) is 5.75 Å². The van der Waals surface area contributed by atoms with Crippen LogP contribution >= 0.6 is 15.9 Å². The molecule has 0 radical (unpaired) electrons. The van der Waals surface area contributed by atoms with Gasteiger partial charge in [-0.25, -0.2) is 0 Å². The van der Waals surface area contributed by atoms with E-state index < -0.39 is 0 Å². The van der Waals surface area contributed by atoms with Gasteiger partial charge in [-0.05, 0) is 31.2 Å². The maximum atomic E-state index is 12.8. The lowest BCUT2D eigenvalue weighted by Gasteiger charge is -2.18. The molecule has 4 nitrogen and oxygen atoms in total. The molecule has 124 valence electrons. The fourth-order valence-corrected chi connectivity index (χ4v) is 3.16. The van der Waals surface area contributed by atoms with E-state index in [2.05, 4.69) is 15.9 Å². The summed E-state index contributed by atoms with van der Waals surface area (Å²) in [5, 5.41) is 0.967. The molecule has 0 saturated heterocycles. The normalized spacial score (nSPS) is 10.8. The summed E-state index contributed by atoms with van der Waals surface area (Å²) < 4.78 is 12.1. The van der Waals surface area contributed by atoms with Crippen molar-refractivity contribution >= 4 is 32.8 Å². The molecule has 0 saturated carbocycles. The molecule has 0 aliphatic heterocycles. The Bertz CT molecular complexity index is 901. The minimum absolute atomic E-state index is 0.147. The molecule has 3 rings (SSSR count). The number of para-hydroxylation sites is 1. The van der Waals surface area contributed by atoms with E-state index >= 15 is 0 Å². The third-order valence-electron chi connectivity index (χ3n) is 4.03. The van der Waals surface area contributed by atoms with Gasteiger partial charge in [0.15, 0.2) is 5.76 Å². The van der Waals surface area contributed by atoms with Crippen molar-refractivity contribution in [3.63, 3.8) is 0 Å². The van der Waals surface area contributed by atoms with E-state index in [9.17, 15) is 4.79 Å². The molecule has 1 amide bonds. The maximum Gasteiger partial charge on any atom is 0.289 e. The monoisotopic (exact) mass is 387 g/mol. The topological polar surface area (TPSA) is 42.7 Å². The Balaban J connectivity index is 1.89. The van der Waals surface area contributed by atoms with Gasteiger partial charge in [0.05, 0.1) is 7.11 Å². The highest BCUT2D eigenvalue weighted by Gasteiger charge is 2.21. The molecule has 0 fully saturated rings. The molecule has 5 heteroatoms. The van der Waals surface area contributed by atoms with Crippen LogP contribution in [0.4, 0.5) is 0 Å². The Labute approximate surface area is 149 Å². The molecular formula is C19H18BrNO3. The van der Waals surface area contributed by atoms with Gasteiger partial charge in [0, 0.05) is 34.6 Å². The van der Waals surface area contributed by atoms with Gasteiger partial charge in [-0.2, -0.15) is 0 Å². The van der Waals surface area contributed by atoms with Crippen molar-refractivity contribution in [2.24, 2.45) is 0 Å². The van der Waals surface area contributed by atoms with Crippen LogP contribution in [0.2, 0.25) is 0 Å². The van der Waals surface area contributed by atoms with Crippen molar-refractivity contribution in [1.82, 2.24) is 4.90 Å². The number of halogens is 1. The third-order valence-corrected chi connectivity index (χ3v) is 4.53. The summed E-state index contributed by atoms with van der Waals surface area (Å²) in [5.41, 5.74) is 2.52. The summed E-state index contributed by atoms with van der Waals surface area (Å²) >= 11 is 3.45. The fourth-order valence-electron chi connectivity index (χ4n) is 2.75. The summed E-state index contributed by atoms with van der Waals surface area (Å²) in [6.45, 7) is 2.34. The summed E-state index contributed by atoms with van der Waals surface area (Å²) in [6, 6.07) is 13.4. The predicted molar refractivity (Wildman–Crippen MR) is 97.4 cm³/mol. The molecule has 2 aromatic carbocycles. The van der Waals surface area contributed by atoms with Gasteiger partial charge >= 0.3 is 0 Å². The lowest BCUT2D eigenvalue weighted by molar-refractivity contribution is 0.0754. The van der Waals surface area contributed by atoms with Crippen LogP contribution in [0.25, 0.3) is 11.0 Å². The molecule has 1 heterocycles. The zero-order valence-electron chi connectivity index (χ0n) is 13.8. The Hall–Kier alpha value is -2.27. The molecule has 0 atom stereocenters. The van der Waals surface area contributed by atoms with Gasteiger partial charge in [0.25, 0.3) is 5.91 Å². The first kappa shape index (κ1) is 16.6. The highest BCUT2D eigenvalue weighted by Crippen LogP contribution is 2.28. The van der Waals surface area contributed by atoms with Gasteiger partial charge in [-0.3, -0.25) is 4.79 Å². The third kappa shape index (κ3) is 3.04. The Morgan fingerprint density at radius 3 is 2.71 bits per heavy atom. The van der Waals surface area contributed by atoms with E-state index in [1.807, 2.05) is 49.4 Å². The van der Waals surface area contributed by atoms with Crippen LogP contribution in [0.5, 0.6) is 5.75 Å². The summed E-state index contributed by atoms with van der Waals surface area (Å²) in [7, 11) is 3.38. The molecule has 24 heavy (non-hydrogen) atoms. The van der Waals surface area contributed by atoms with Crippen molar-refractivity contribution < 1.29 is 13.9 Å². The number of hydrogen-bond donors (Lipinski definition) is 0. The number of fused-ring (bicyclic) bond motifs is 1. The molecule has 0 aliphatic carbocycles. The van der Waals surface area contributed by atoms with Crippen LogP contribution in [0, 0.1) is 6.92 Å². The van der Waals surface area contributed by atoms with Crippen LogP contribution in [0.1, 0.15) is 21.7 Å². The minimum atomic E-state index is -0.147. The zero-order chi connectivity index (χ0) is 17.3. The number of ether oxygens (including phenoxy) is 1. The van der Waals surface area contributed by atoms with Crippen LogP contribution in [-0.2, 0) is 6.54 Å². The van der Waals surface area contributed by atoms with E-state index in [1.165, 1.54) is 0 Å². The number of rotatable bonds is 4. The fraction of sp³-hybridized carbons (Fsp3) is 0.211. The molecular weight excluding hydrogens is 370 g/mol. The van der Waals surface area contributed by atoms with Gasteiger partial charge in [0.1, 0.15) is 11.3 Å². The Morgan fingerprint density at radius 1 is 1.25 bits per heavy atom. The van der Waals surface area contributed by atoms with Crippen molar-refractivity contribution in [3.05, 3.63) is 63.8 Å². The second-order valence-corrected chi connectivity index (χ2v) is 6.59. The number of aryl methyl sites for hydroxylation is 1. The standard InChI is InChI=1S/C19H18BrNO3/c1-12-15-6-4-5-7-17(15)24-18(12)19(22)21(2)11-13-10-14(20)8-9-16(13)23-3/h4-10H,11H2,1-3H3.